The van der Waals surface area contributed by atoms with Gasteiger partial charge in [-0.15, -0.1) is 0 Å². The van der Waals surface area contributed by atoms with Crippen LogP contribution in [0, 0.1) is 11.3 Å². The average Bonchev–Trinajstić information content (AvgIpc) is 1.61. The van der Waals surface area contributed by atoms with Gasteiger partial charge in [-0.3, -0.25) is 0 Å². The molecule has 34 valence electrons. The van der Waals surface area contributed by atoms with Crippen LogP contribution in [-0.2, 0) is 0 Å². The summed E-state index contributed by atoms with van der Waals surface area (Å²) in [6.45, 7) is 0. The van der Waals surface area contributed by atoms with Crippen molar-refractivity contribution in [3.63, 3.8) is 0 Å². The number of nitriles is 1. The van der Waals surface area contributed by atoms with Crippen LogP contribution in [0.2, 0.25) is 5.32 Å². The van der Waals surface area contributed by atoms with Crippen LogP contribution < -0.4 is 0 Å². The van der Waals surface area contributed by atoms with Crippen LogP contribution in [0.4, 0.5) is 0 Å². The second kappa shape index (κ2) is 5.53. The molecule has 0 amide bonds. The summed E-state index contributed by atoms with van der Waals surface area (Å²) in [5.74, 6) is 0. The molecule has 0 bridgehead atoms. The Labute approximate surface area is 50.6 Å². The Kier molecular flexibility index (Phi) is 6.02. The van der Waals surface area contributed by atoms with Crippen LogP contribution in [0.5, 0.6) is 0 Å². The predicted molar refractivity (Wildman–Crippen MR) is 27.9 cm³/mol. The van der Waals surface area contributed by atoms with Gasteiger partial charge in [0.15, 0.2) is 0 Å². The van der Waals surface area contributed by atoms with E-state index in [0.29, 0.717) is 13.1 Å². The molecule has 0 radical (unpaired) electrons. The fourth-order valence-electron chi connectivity index (χ4n) is 0.0913. The van der Waals surface area contributed by atoms with Crippen molar-refractivity contribution in [2.24, 2.45) is 0 Å². The van der Waals surface area contributed by atoms with E-state index in [2.05, 4.69) is 20.3 Å². The standard InChI is InChI=1S/C3H5NSe2/c4-2-1-3-6-5/h5H,1,3H2. The fraction of sp³-hybridized carbons (Fsp3) is 0.667. The zero-order valence-corrected chi connectivity index (χ0v) is 6.81. The zero-order valence-electron chi connectivity index (χ0n) is 3.22. The Bertz CT molecular complexity index is 56.3. The van der Waals surface area contributed by atoms with Gasteiger partial charge in [-0.05, 0) is 0 Å². The monoisotopic (exact) mass is 215 g/mol. The molecule has 1 nitrogen and oxygen atoms in total. The molecular formula is C3H5NSe2. The minimum absolute atomic E-state index is 0.642. The summed E-state index contributed by atoms with van der Waals surface area (Å²) in [5, 5.41) is 9.04. The van der Waals surface area contributed by atoms with Gasteiger partial charge >= 0.3 is 50.4 Å². The second-order valence-corrected chi connectivity index (χ2v) is 4.95. The second-order valence-electron chi connectivity index (χ2n) is 0.741. The molecule has 0 saturated carbocycles. The van der Waals surface area contributed by atoms with Crippen LogP contribution in [-0.4, -0.2) is 27.3 Å². The van der Waals surface area contributed by atoms with E-state index in [-0.39, 0.29) is 0 Å². The van der Waals surface area contributed by atoms with Gasteiger partial charge in [0.05, 0.1) is 0 Å². The van der Waals surface area contributed by atoms with Crippen molar-refractivity contribution in [1.29, 1.82) is 5.26 Å². The Hall–Kier alpha value is 0.529. The van der Waals surface area contributed by atoms with E-state index in [1.807, 2.05) is 0 Å². The Morgan fingerprint density at radius 1 is 1.83 bits per heavy atom. The fourth-order valence-corrected chi connectivity index (χ4v) is 1.47. The summed E-state index contributed by atoms with van der Waals surface area (Å²) >= 11 is 3.16. The number of hydrogen-bond acceptors (Lipinski definition) is 1. The van der Waals surface area contributed by atoms with Gasteiger partial charge in [0.2, 0.25) is 0 Å². The van der Waals surface area contributed by atoms with E-state index in [0.717, 1.165) is 11.7 Å². The van der Waals surface area contributed by atoms with E-state index in [4.69, 9.17) is 5.26 Å². The molecule has 0 atom stereocenters. The molecule has 6 heavy (non-hydrogen) atoms. The molecule has 0 aliphatic heterocycles. The van der Waals surface area contributed by atoms with E-state index in [1.54, 1.807) is 0 Å². The maximum absolute atomic E-state index is 7.95. The number of hydrogen-bond donors (Lipinski definition) is 0. The molecule has 0 aromatic heterocycles. The maximum atomic E-state index is 7.95. The van der Waals surface area contributed by atoms with Gasteiger partial charge in [-0.1, -0.05) is 0 Å². The third-order valence-corrected chi connectivity index (χ3v) is 3.11. The summed E-state index contributed by atoms with van der Waals surface area (Å²) in [4.78, 5) is 0. The first-order valence-corrected chi connectivity index (χ1v) is 7.51. The van der Waals surface area contributed by atoms with E-state index >= 15 is 0 Å². The quantitative estimate of drug-likeness (QED) is 0.461. The van der Waals surface area contributed by atoms with Gasteiger partial charge in [0.25, 0.3) is 0 Å². The molecule has 0 saturated heterocycles. The van der Waals surface area contributed by atoms with Crippen molar-refractivity contribution in [2.45, 2.75) is 11.7 Å². The minimum atomic E-state index is 0.642. The van der Waals surface area contributed by atoms with Crippen molar-refractivity contribution in [3.05, 3.63) is 0 Å². The van der Waals surface area contributed by atoms with Gasteiger partial charge in [-0.2, -0.15) is 0 Å². The average molecular weight is 213 g/mol. The van der Waals surface area contributed by atoms with Crippen molar-refractivity contribution >= 4 is 27.3 Å². The van der Waals surface area contributed by atoms with Crippen LogP contribution in [0.3, 0.4) is 0 Å². The van der Waals surface area contributed by atoms with Crippen LogP contribution in [0.15, 0.2) is 0 Å². The first kappa shape index (κ1) is 6.53. The molecular weight excluding hydrogens is 208 g/mol. The predicted octanol–water partition coefficient (Wildman–Crippen LogP) is -0.162. The summed E-state index contributed by atoms with van der Waals surface area (Å²) in [6, 6.07) is 2.07. The summed E-state index contributed by atoms with van der Waals surface area (Å²) in [6.07, 6.45) is 0.731. The van der Waals surface area contributed by atoms with Crippen molar-refractivity contribution in [3.8, 4) is 6.07 Å². The Morgan fingerprint density at radius 2 is 2.50 bits per heavy atom. The summed E-state index contributed by atoms with van der Waals surface area (Å²) < 4.78 is 0. The van der Waals surface area contributed by atoms with Gasteiger partial charge in [0, 0.05) is 0 Å². The van der Waals surface area contributed by atoms with Crippen LogP contribution >= 0.6 is 0 Å². The molecule has 0 heterocycles. The zero-order chi connectivity index (χ0) is 4.83. The molecule has 0 fully saturated rings. The molecule has 0 aliphatic carbocycles. The third kappa shape index (κ3) is 4.53. The van der Waals surface area contributed by atoms with Crippen molar-refractivity contribution in [2.75, 3.05) is 0 Å². The summed E-state index contributed by atoms with van der Waals surface area (Å²) in [7, 11) is 0. The van der Waals surface area contributed by atoms with E-state index in [9.17, 15) is 0 Å². The van der Waals surface area contributed by atoms with Crippen molar-refractivity contribution < 1.29 is 0 Å². The molecule has 0 N–H and O–H groups in total. The van der Waals surface area contributed by atoms with Crippen LogP contribution in [0.25, 0.3) is 0 Å². The topological polar surface area (TPSA) is 23.8 Å². The van der Waals surface area contributed by atoms with Gasteiger partial charge < -0.3 is 0 Å². The van der Waals surface area contributed by atoms with E-state index in [1.165, 1.54) is 0 Å². The van der Waals surface area contributed by atoms with Gasteiger partial charge in [-0.25, -0.2) is 0 Å². The molecule has 0 spiro atoms. The first-order valence-electron chi connectivity index (χ1n) is 1.55. The molecule has 0 aliphatic rings. The Balaban J connectivity index is 2.54. The molecule has 0 unspecified atom stereocenters. The normalized spacial score (nSPS) is 7.33. The number of nitrogens with zero attached hydrogens (tertiary/aromatic N) is 1. The Morgan fingerprint density at radius 3 is 2.67 bits per heavy atom. The van der Waals surface area contributed by atoms with E-state index < -0.39 is 0 Å². The summed E-state index contributed by atoms with van der Waals surface area (Å²) in [5.41, 5.74) is 0. The van der Waals surface area contributed by atoms with Crippen molar-refractivity contribution in [1.82, 2.24) is 0 Å². The molecule has 0 aromatic carbocycles. The van der Waals surface area contributed by atoms with Crippen LogP contribution in [0.1, 0.15) is 6.42 Å². The molecule has 0 rings (SSSR count). The SMILES string of the molecule is N#CCC[Se][SeH]. The van der Waals surface area contributed by atoms with Gasteiger partial charge in [0.1, 0.15) is 0 Å². The molecule has 0 aromatic rings. The first-order chi connectivity index (χ1) is 2.91. The third-order valence-electron chi connectivity index (χ3n) is 0.305. The number of rotatable bonds is 2. The molecule has 3 heteroatoms.